The number of β-amino-alcohol motifs (C(OH)–C–C–N with tert-alkyl or cyclic N) is 1. The lowest BCUT2D eigenvalue weighted by Gasteiger charge is -2.24. The lowest BCUT2D eigenvalue weighted by molar-refractivity contribution is 0.0876. The third-order valence-corrected chi connectivity index (χ3v) is 4.50. The van der Waals surface area contributed by atoms with E-state index in [0.29, 0.717) is 13.0 Å². The monoisotopic (exact) mass is 375 g/mol. The number of ether oxygens (including phenoxy) is 1. The summed E-state index contributed by atoms with van der Waals surface area (Å²) in [5.74, 6) is 0. The second kappa shape index (κ2) is 7.15. The normalized spacial score (nSPS) is 20.5. The Morgan fingerprint density at radius 3 is 2.57 bits per heavy atom. The SMILES string of the molecule is O=C(OCc1ccccc1)N1CC(O)CC1c1ccc(Br)cc1. The Kier molecular flexibility index (Phi) is 4.98. The molecule has 1 aliphatic rings. The minimum absolute atomic E-state index is 0.152. The molecular weight excluding hydrogens is 358 g/mol. The van der Waals surface area contributed by atoms with E-state index in [1.165, 1.54) is 0 Å². The largest absolute Gasteiger partial charge is 0.445 e. The molecule has 2 unspecified atom stereocenters. The Hall–Kier alpha value is -1.85. The van der Waals surface area contributed by atoms with Crippen LogP contribution in [-0.2, 0) is 11.3 Å². The molecular formula is C18H18BrNO3. The summed E-state index contributed by atoms with van der Waals surface area (Å²) in [6.07, 6.45) is -0.381. The van der Waals surface area contributed by atoms with E-state index in [-0.39, 0.29) is 12.6 Å². The molecule has 1 aliphatic heterocycles. The number of benzene rings is 2. The second-order valence-corrected chi connectivity index (χ2v) is 6.57. The number of rotatable bonds is 3. The minimum Gasteiger partial charge on any atom is -0.445 e. The van der Waals surface area contributed by atoms with Crippen molar-refractivity contribution in [2.45, 2.75) is 25.2 Å². The van der Waals surface area contributed by atoms with Crippen molar-refractivity contribution in [3.8, 4) is 0 Å². The fourth-order valence-corrected chi connectivity index (χ4v) is 3.08. The second-order valence-electron chi connectivity index (χ2n) is 5.65. The average molecular weight is 376 g/mol. The van der Waals surface area contributed by atoms with Gasteiger partial charge in [-0.05, 0) is 29.7 Å². The smallest absolute Gasteiger partial charge is 0.410 e. The molecule has 0 aromatic heterocycles. The first kappa shape index (κ1) is 16.0. The molecule has 0 saturated carbocycles. The number of hydrogen-bond donors (Lipinski definition) is 1. The fourth-order valence-electron chi connectivity index (χ4n) is 2.82. The van der Waals surface area contributed by atoms with Crippen molar-refractivity contribution in [2.24, 2.45) is 0 Å². The third kappa shape index (κ3) is 3.92. The molecule has 120 valence electrons. The van der Waals surface area contributed by atoms with Gasteiger partial charge in [0, 0.05) is 4.47 Å². The number of aliphatic hydroxyl groups is 1. The number of likely N-dealkylation sites (tertiary alicyclic amines) is 1. The number of amides is 1. The molecule has 0 radical (unpaired) electrons. The summed E-state index contributed by atoms with van der Waals surface area (Å²) < 4.78 is 6.39. The molecule has 1 heterocycles. The van der Waals surface area contributed by atoms with Gasteiger partial charge in [-0.1, -0.05) is 58.4 Å². The van der Waals surface area contributed by atoms with Crippen LogP contribution in [0, 0.1) is 0 Å². The number of halogens is 1. The minimum atomic E-state index is -0.520. The molecule has 0 bridgehead atoms. The van der Waals surface area contributed by atoms with Crippen molar-refractivity contribution in [1.29, 1.82) is 0 Å². The van der Waals surface area contributed by atoms with Gasteiger partial charge in [-0.2, -0.15) is 0 Å². The summed E-state index contributed by atoms with van der Waals surface area (Å²) in [5, 5.41) is 9.96. The van der Waals surface area contributed by atoms with Crippen molar-refractivity contribution >= 4 is 22.0 Å². The summed E-state index contributed by atoms with van der Waals surface area (Å²) in [6, 6.07) is 17.2. The van der Waals surface area contributed by atoms with Crippen molar-refractivity contribution < 1.29 is 14.6 Å². The van der Waals surface area contributed by atoms with E-state index < -0.39 is 12.2 Å². The molecule has 1 N–H and O–H groups in total. The Balaban J connectivity index is 1.69. The predicted octanol–water partition coefficient (Wildman–Crippen LogP) is 3.89. The van der Waals surface area contributed by atoms with Crippen LogP contribution in [0.2, 0.25) is 0 Å². The molecule has 3 rings (SSSR count). The third-order valence-electron chi connectivity index (χ3n) is 3.97. The van der Waals surface area contributed by atoms with Crippen LogP contribution in [0.25, 0.3) is 0 Å². The summed E-state index contributed by atoms with van der Waals surface area (Å²) >= 11 is 3.41. The topological polar surface area (TPSA) is 49.8 Å². The maximum Gasteiger partial charge on any atom is 0.410 e. The van der Waals surface area contributed by atoms with Crippen LogP contribution in [0.5, 0.6) is 0 Å². The Bertz CT molecular complexity index is 660. The summed E-state index contributed by atoms with van der Waals surface area (Å²) in [4.78, 5) is 14.0. The molecule has 1 amide bonds. The van der Waals surface area contributed by atoms with Gasteiger partial charge in [0.2, 0.25) is 0 Å². The molecule has 1 fully saturated rings. The van der Waals surface area contributed by atoms with Crippen molar-refractivity contribution in [3.05, 3.63) is 70.2 Å². The summed E-state index contributed by atoms with van der Waals surface area (Å²) in [6.45, 7) is 0.535. The predicted molar refractivity (Wildman–Crippen MR) is 90.8 cm³/mol. The standard InChI is InChI=1S/C18H18BrNO3/c19-15-8-6-14(7-9-15)17-10-16(21)11-20(17)18(22)23-12-13-4-2-1-3-5-13/h1-9,16-17,21H,10-12H2. The highest BCUT2D eigenvalue weighted by molar-refractivity contribution is 9.10. The molecule has 4 nitrogen and oxygen atoms in total. The van der Waals surface area contributed by atoms with Crippen molar-refractivity contribution in [2.75, 3.05) is 6.54 Å². The van der Waals surface area contributed by atoms with Gasteiger partial charge < -0.3 is 9.84 Å². The zero-order valence-electron chi connectivity index (χ0n) is 12.6. The van der Waals surface area contributed by atoms with Gasteiger partial charge in [-0.3, -0.25) is 4.90 Å². The molecule has 2 aromatic rings. The average Bonchev–Trinajstić information content (AvgIpc) is 2.96. The highest BCUT2D eigenvalue weighted by atomic mass is 79.9. The van der Waals surface area contributed by atoms with Crippen LogP contribution in [-0.4, -0.2) is 28.7 Å². The lowest BCUT2D eigenvalue weighted by Crippen LogP contribution is -2.32. The molecule has 5 heteroatoms. The van der Waals surface area contributed by atoms with Crippen LogP contribution in [0.4, 0.5) is 4.79 Å². The van der Waals surface area contributed by atoms with Gasteiger partial charge in [0.05, 0.1) is 18.7 Å². The van der Waals surface area contributed by atoms with E-state index in [1.807, 2.05) is 54.6 Å². The highest BCUT2D eigenvalue weighted by Crippen LogP contribution is 2.33. The first-order valence-electron chi connectivity index (χ1n) is 7.54. The Morgan fingerprint density at radius 2 is 1.87 bits per heavy atom. The maximum absolute atomic E-state index is 12.4. The Labute approximate surface area is 143 Å². The number of nitrogens with zero attached hydrogens (tertiary/aromatic N) is 1. The summed E-state index contributed by atoms with van der Waals surface area (Å²) in [5.41, 5.74) is 1.95. The summed E-state index contributed by atoms with van der Waals surface area (Å²) in [7, 11) is 0. The molecule has 0 spiro atoms. The number of carbonyl (C=O) groups is 1. The van der Waals surface area contributed by atoms with Crippen molar-refractivity contribution in [3.63, 3.8) is 0 Å². The van der Waals surface area contributed by atoms with E-state index >= 15 is 0 Å². The maximum atomic E-state index is 12.4. The molecule has 2 aromatic carbocycles. The quantitative estimate of drug-likeness (QED) is 0.884. The number of carbonyl (C=O) groups excluding carboxylic acids is 1. The Morgan fingerprint density at radius 1 is 1.17 bits per heavy atom. The molecule has 0 aliphatic carbocycles. The van der Waals surface area contributed by atoms with E-state index in [0.717, 1.165) is 15.6 Å². The van der Waals surface area contributed by atoms with Crippen LogP contribution >= 0.6 is 15.9 Å². The van der Waals surface area contributed by atoms with Crippen LogP contribution in [0.1, 0.15) is 23.6 Å². The van der Waals surface area contributed by atoms with Gasteiger partial charge in [0.15, 0.2) is 0 Å². The molecule has 23 heavy (non-hydrogen) atoms. The van der Waals surface area contributed by atoms with E-state index in [1.54, 1.807) is 4.90 Å². The molecule has 1 saturated heterocycles. The zero-order chi connectivity index (χ0) is 16.2. The van der Waals surface area contributed by atoms with Gasteiger partial charge in [0.25, 0.3) is 0 Å². The fraction of sp³-hybridized carbons (Fsp3) is 0.278. The lowest BCUT2D eigenvalue weighted by atomic mass is 10.0. The number of aliphatic hydroxyl groups excluding tert-OH is 1. The van der Waals surface area contributed by atoms with Crippen molar-refractivity contribution in [1.82, 2.24) is 4.90 Å². The van der Waals surface area contributed by atoms with Gasteiger partial charge in [-0.25, -0.2) is 4.79 Å². The van der Waals surface area contributed by atoms with Crippen LogP contribution < -0.4 is 0 Å². The van der Waals surface area contributed by atoms with E-state index in [9.17, 15) is 9.90 Å². The zero-order valence-corrected chi connectivity index (χ0v) is 14.1. The first-order chi connectivity index (χ1) is 11.1. The van der Waals surface area contributed by atoms with Crippen LogP contribution in [0.3, 0.4) is 0 Å². The van der Waals surface area contributed by atoms with Gasteiger partial charge in [0.1, 0.15) is 6.61 Å². The van der Waals surface area contributed by atoms with Gasteiger partial charge in [-0.15, -0.1) is 0 Å². The van der Waals surface area contributed by atoms with Gasteiger partial charge >= 0.3 is 6.09 Å². The molecule has 2 atom stereocenters. The number of hydrogen-bond acceptors (Lipinski definition) is 3. The van der Waals surface area contributed by atoms with Crippen LogP contribution in [0.15, 0.2) is 59.1 Å². The first-order valence-corrected chi connectivity index (χ1v) is 8.33. The highest BCUT2D eigenvalue weighted by Gasteiger charge is 2.36. The van der Waals surface area contributed by atoms with E-state index in [4.69, 9.17) is 4.74 Å². The van der Waals surface area contributed by atoms with E-state index in [2.05, 4.69) is 15.9 Å².